The lowest BCUT2D eigenvalue weighted by Crippen LogP contribution is -2.27. The minimum atomic E-state index is -0.604. The van der Waals surface area contributed by atoms with Crippen LogP contribution in [-0.4, -0.2) is 15.8 Å². The van der Waals surface area contributed by atoms with Gasteiger partial charge >= 0.3 is 0 Å². The van der Waals surface area contributed by atoms with Gasteiger partial charge in [0.15, 0.2) is 0 Å². The molecule has 0 unspecified atom stereocenters. The van der Waals surface area contributed by atoms with E-state index in [0.29, 0.717) is 11.3 Å². The zero-order valence-corrected chi connectivity index (χ0v) is 12.7. The van der Waals surface area contributed by atoms with Crippen LogP contribution in [0.5, 0.6) is 0 Å². The average Bonchev–Trinajstić information content (AvgIpc) is 2.52. The van der Waals surface area contributed by atoms with Crippen molar-refractivity contribution in [1.82, 2.24) is 0 Å². The van der Waals surface area contributed by atoms with Gasteiger partial charge in [0.1, 0.15) is 5.69 Å². The van der Waals surface area contributed by atoms with Crippen LogP contribution in [0.1, 0.15) is 12.5 Å². The number of benzene rings is 2. The first-order valence-corrected chi connectivity index (χ1v) is 6.85. The third-order valence-corrected chi connectivity index (χ3v) is 3.39. The van der Waals surface area contributed by atoms with Crippen LogP contribution in [0, 0.1) is 20.2 Å². The highest BCUT2D eigenvalue weighted by Gasteiger charge is 2.17. The minimum absolute atomic E-state index is 0.0484. The van der Waals surface area contributed by atoms with Gasteiger partial charge in [-0.1, -0.05) is 12.1 Å². The van der Waals surface area contributed by atoms with Gasteiger partial charge in [-0.3, -0.25) is 25.0 Å². The van der Waals surface area contributed by atoms with Gasteiger partial charge < -0.3 is 10.6 Å². The summed E-state index contributed by atoms with van der Waals surface area (Å²) >= 11 is 0. The van der Waals surface area contributed by atoms with Gasteiger partial charge in [-0.05, 0) is 17.7 Å². The SMILES string of the molecule is CC(=O)N(Cc1ccc([N+](=O)[O-])cc1)c1ccc([N+](=O)[O-])c(N)c1. The van der Waals surface area contributed by atoms with E-state index in [-0.39, 0.29) is 29.5 Å². The summed E-state index contributed by atoms with van der Waals surface area (Å²) in [5.41, 5.74) is 6.40. The largest absolute Gasteiger partial charge is 0.393 e. The Morgan fingerprint density at radius 1 is 1.08 bits per heavy atom. The van der Waals surface area contributed by atoms with Crippen LogP contribution >= 0.6 is 0 Å². The molecule has 0 radical (unpaired) electrons. The molecule has 0 aliphatic rings. The van der Waals surface area contributed by atoms with E-state index in [1.807, 2.05) is 0 Å². The lowest BCUT2D eigenvalue weighted by Gasteiger charge is -2.21. The van der Waals surface area contributed by atoms with Crippen molar-refractivity contribution in [1.29, 1.82) is 0 Å². The zero-order valence-electron chi connectivity index (χ0n) is 12.7. The summed E-state index contributed by atoms with van der Waals surface area (Å²) in [5, 5.41) is 21.5. The van der Waals surface area contributed by atoms with Crippen LogP contribution in [0.2, 0.25) is 0 Å². The second kappa shape index (κ2) is 6.73. The predicted molar refractivity (Wildman–Crippen MR) is 87.5 cm³/mol. The number of nitrogens with two attached hydrogens (primary N) is 1. The maximum Gasteiger partial charge on any atom is 0.292 e. The lowest BCUT2D eigenvalue weighted by molar-refractivity contribution is -0.384. The highest BCUT2D eigenvalue weighted by atomic mass is 16.6. The van der Waals surface area contributed by atoms with E-state index in [4.69, 9.17) is 5.73 Å². The van der Waals surface area contributed by atoms with Crippen molar-refractivity contribution >= 4 is 28.7 Å². The molecule has 0 spiro atoms. The molecule has 0 saturated carbocycles. The summed E-state index contributed by atoms with van der Waals surface area (Å²) in [4.78, 5) is 33.6. The Balaban J connectivity index is 2.30. The molecule has 124 valence electrons. The van der Waals surface area contributed by atoms with Crippen LogP contribution in [0.3, 0.4) is 0 Å². The number of anilines is 2. The molecule has 0 atom stereocenters. The number of nitro benzene ring substituents is 2. The van der Waals surface area contributed by atoms with Gasteiger partial charge in [0, 0.05) is 30.8 Å². The summed E-state index contributed by atoms with van der Waals surface area (Å²) < 4.78 is 0. The van der Waals surface area contributed by atoms with Crippen molar-refractivity contribution in [3.8, 4) is 0 Å². The number of nitrogens with zero attached hydrogens (tertiary/aromatic N) is 3. The highest BCUT2D eigenvalue weighted by Crippen LogP contribution is 2.28. The van der Waals surface area contributed by atoms with Gasteiger partial charge in [-0.2, -0.15) is 0 Å². The quantitative estimate of drug-likeness (QED) is 0.509. The van der Waals surface area contributed by atoms with Crippen LogP contribution in [0.4, 0.5) is 22.7 Å². The van der Waals surface area contributed by atoms with E-state index >= 15 is 0 Å². The number of carbonyl (C=O) groups excluding carboxylic acids is 1. The summed E-state index contributed by atoms with van der Waals surface area (Å²) in [6, 6.07) is 9.80. The summed E-state index contributed by atoms with van der Waals surface area (Å²) in [6.07, 6.45) is 0. The molecule has 0 aromatic heterocycles. The van der Waals surface area contributed by atoms with E-state index < -0.39 is 9.85 Å². The molecule has 0 saturated heterocycles. The van der Waals surface area contributed by atoms with Crippen molar-refractivity contribution in [3.63, 3.8) is 0 Å². The predicted octanol–water partition coefficient (Wildman–Crippen LogP) is 2.64. The molecule has 2 N–H and O–H groups in total. The number of hydrogen-bond acceptors (Lipinski definition) is 6. The monoisotopic (exact) mass is 330 g/mol. The molecule has 2 aromatic carbocycles. The zero-order chi connectivity index (χ0) is 17.9. The number of non-ortho nitro benzene ring substituents is 1. The molecule has 9 nitrogen and oxygen atoms in total. The van der Waals surface area contributed by atoms with Crippen LogP contribution in [0.15, 0.2) is 42.5 Å². The van der Waals surface area contributed by atoms with Crippen LogP contribution in [0.25, 0.3) is 0 Å². The fourth-order valence-electron chi connectivity index (χ4n) is 2.17. The van der Waals surface area contributed by atoms with Crippen LogP contribution in [-0.2, 0) is 11.3 Å². The average molecular weight is 330 g/mol. The molecule has 9 heteroatoms. The number of rotatable bonds is 5. The van der Waals surface area contributed by atoms with Crippen molar-refractivity contribution < 1.29 is 14.6 Å². The second-order valence-corrected chi connectivity index (χ2v) is 5.03. The van der Waals surface area contributed by atoms with Gasteiger partial charge in [-0.15, -0.1) is 0 Å². The Labute approximate surface area is 136 Å². The molecular formula is C15H14N4O5. The molecule has 2 aromatic rings. The van der Waals surface area contributed by atoms with Crippen LogP contribution < -0.4 is 10.6 Å². The van der Waals surface area contributed by atoms with E-state index in [0.717, 1.165) is 0 Å². The normalized spacial score (nSPS) is 10.2. The van der Waals surface area contributed by atoms with Gasteiger partial charge in [0.25, 0.3) is 11.4 Å². The molecule has 0 bridgehead atoms. The summed E-state index contributed by atoms with van der Waals surface area (Å²) in [7, 11) is 0. The molecule has 1 amide bonds. The third kappa shape index (κ3) is 3.64. The molecule has 0 fully saturated rings. The Morgan fingerprint density at radius 3 is 2.17 bits per heavy atom. The molecule has 0 aliphatic carbocycles. The maximum absolute atomic E-state index is 11.9. The molecule has 0 heterocycles. The first kappa shape index (κ1) is 16.9. The number of nitrogen functional groups attached to an aromatic ring is 1. The van der Waals surface area contributed by atoms with Gasteiger partial charge in [-0.25, -0.2) is 0 Å². The van der Waals surface area contributed by atoms with Crippen molar-refractivity contribution in [2.24, 2.45) is 0 Å². The fourth-order valence-corrected chi connectivity index (χ4v) is 2.17. The first-order chi connectivity index (χ1) is 11.3. The maximum atomic E-state index is 11.9. The number of amides is 1. The standard InChI is InChI=1S/C15H14N4O5/c1-10(20)17(9-11-2-4-12(5-3-11)18(21)22)13-6-7-15(19(23)24)14(16)8-13/h2-8H,9,16H2,1H3. The number of nitro groups is 2. The molecule has 0 aliphatic heterocycles. The molecular weight excluding hydrogens is 316 g/mol. The van der Waals surface area contributed by atoms with E-state index in [1.165, 1.54) is 42.2 Å². The highest BCUT2D eigenvalue weighted by molar-refractivity contribution is 5.92. The third-order valence-electron chi connectivity index (χ3n) is 3.39. The van der Waals surface area contributed by atoms with E-state index in [9.17, 15) is 25.0 Å². The molecule has 24 heavy (non-hydrogen) atoms. The Bertz CT molecular complexity index is 804. The van der Waals surface area contributed by atoms with Gasteiger partial charge in [0.05, 0.1) is 16.4 Å². The smallest absolute Gasteiger partial charge is 0.292 e. The number of carbonyl (C=O) groups is 1. The van der Waals surface area contributed by atoms with E-state index in [2.05, 4.69) is 0 Å². The molecule has 2 rings (SSSR count). The summed E-state index contributed by atoms with van der Waals surface area (Å²) in [6.45, 7) is 1.51. The van der Waals surface area contributed by atoms with Crippen molar-refractivity contribution in [2.45, 2.75) is 13.5 Å². The fraction of sp³-hybridized carbons (Fsp3) is 0.133. The number of hydrogen-bond donors (Lipinski definition) is 1. The Kier molecular flexibility index (Phi) is 4.73. The van der Waals surface area contributed by atoms with E-state index in [1.54, 1.807) is 12.1 Å². The summed E-state index contributed by atoms with van der Waals surface area (Å²) in [5.74, 6) is -0.290. The lowest BCUT2D eigenvalue weighted by atomic mass is 10.1. The minimum Gasteiger partial charge on any atom is -0.393 e. The Hall–Kier alpha value is -3.49. The van der Waals surface area contributed by atoms with Gasteiger partial charge in [0.2, 0.25) is 5.91 Å². The van der Waals surface area contributed by atoms with Crippen molar-refractivity contribution in [3.05, 3.63) is 68.3 Å². The second-order valence-electron chi connectivity index (χ2n) is 5.03. The van der Waals surface area contributed by atoms with Crippen molar-refractivity contribution in [2.75, 3.05) is 10.6 Å². The Morgan fingerprint density at radius 2 is 1.71 bits per heavy atom. The first-order valence-electron chi connectivity index (χ1n) is 6.85. The topological polar surface area (TPSA) is 133 Å².